The highest BCUT2D eigenvalue weighted by Crippen LogP contribution is 2.28. The van der Waals surface area contributed by atoms with E-state index >= 15 is 0 Å². The molecule has 0 spiro atoms. The maximum Gasteiger partial charge on any atom is 0.407 e. The Bertz CT molecular complexity index is 266. The van der Waals surface area contributed by atoms with E-state index in [4.69, 9.17) is 5.11 Å². The van der Waals surface area contributed by atoms with Crippen molar-refractivity contribution in [2.45, 2.75) is 26.3 Å². The van der Waals surface area contributed by atoms with Gasteiger partial charge in [0.1, 0.15) is 0 Å². The highest BCUT2D eigenvalue weighted by Gasteiger charge is 2.38. The minimum absolute atomic E-state index is 0.196. The summed E-state index contributed by atoms with van der Waals surface area (Å²) in [6, 6.07) is -0.300. The summed E-state index contributed by atoms with van der Waals surface area (Å²) < 4.78 is 4.68. The van der Waals surface area contributed by atoms with Crippen LogP contribution in [-0.2, 0) is 9.53 Å². The quantitative estimate of drug-likeness (QED) is 0.667. The Labute approximate surface area is 89.0 Å². The number of esters is 1. The molecular formula is C10H17NO4. The highest BCUT2D eigenvalue weighted by atomic mass is 16.5. The van der Waals surface area contributed by atoms with Gasteiger partial charge in [-0.05, 0) is 19.3 Å². The van der Waals surface area contributed by atoms with Crippen molar-refractivity contribution in [1.82, 2.24) is 4.90 Å². The van der Waals surface area contributed by atoms with Crippen LogP contribution in [0.1, 0.15) is 20.3 Å². The molecule has 5 nitrogen and oxygen atoms in total. The first-order valence-corrected chi connectivity index (χ1v) is 5.04. The van der Waals surface area contributed by atoms with E-state index in [2.05, 4.69) is 4.74 Å². The van der Waals surface area contributed by atoms with Gasteiger partial charge in [0.2, 0.25) is 0 Å². The number of amides is 1. The summed E-state index contributed by atoms with van der Waals surface area (Å²) in [6.07, 6.45) is -0.277. The van der Waals surface area contributed by atoms with E-state index in [0.717, 1.165) is 0 Å². The number of methoxy groups -OCH3 is 1. The molecule has 0 aromatic rings. The Morgan fingerprint density at radius 2 is 2.00 bits per heavy atom. The summed E-state index contributed by atoms with van der Waals surface area (Å²) in [5.74, 6) is -0.462. The van der Waals surface area contributed by atoms with Crippen LogP contribution in [0.3, 0.4) is 0 Å². The minimum Gasteiger partial charge on any atom is -0.469 e. The predicted molar refractivity (Wildman–Crippen MR) is 53.5 cm³/mol. The fourth-order valence-corrected chi connectivity index (χ4v) is 2.12. The van der Waals surface area contributed by atoms with Crippen molar-refractivity contribution in [2.75, 3.05) is 13.7 Å². The van der Waals surface area contributed by atoms with Gasteiger partial charge in [-0.1, -0.05) is 6.92 Å². The summed E-state index contributed by atoms with van der Waals surface area (Å²) >= 11 is 0. The van der Waals surface area contributed by atoms with Crippen molar-refractivity contribution in [3.05, 3.63) is 0 Å². The van der Waals surface area contributed by atoms with E-state index < -0.39 is 6.09 Å². The lowest BCUT2D eigenvalue weighted by Gasteiger charge is -2.39. The number of carboxylic acid groups (broad SMARTS) is 1. The van der Waals surface area contributed by atoms with E-state index in [9.17, 15) is 9.59 Å². The normalized spacial score (nSPS) is 31.1. The SMILES string of the molecule is COC(=O)C1CC(C)CN(C(=O)O)C1C. The Morgan fingerprint density at radius 1 is 1.40 bits per heavy atom. The average Bonchev–Trinajstić information content (AvgIpc) is 2.19. The summed E-state index contributed by atoms with van der Waals surface area (Å²) in [7, 11) is 1.33. The van der Waals surface area contributed by atoms with E-state index in [1.54, 1.807) is 6.92 Å². The van der Waals surface area contributed by atoms with Gasteiger partial charge in [0, 0.05) is 12.6 Å². The molecule has 86 valence electrons. The van der Waals surface area contributed by atoms with Crippen molar-refractivity contribution in [3.8, 4) is 0 Å². The van der Waals surface area contributed by atoms with E-state index in [-0.39, 0.29) is 23.8 Å². The monoisotopic (exact) mass is 215 g/mol. The highest BCUT2D eigenvalue weighted by molar-refractivity contribution is 5.75. The molecule has 3 atom stereocenters. The molecule has 1 heterocycles. The number of hydrogen-bond acceptors (Lipinski definition) is 3. The third kappa shape index (κ3) is 2.40. The zero-order chi connectivity index (χ0) is 11.6. The number of rotatable bonds is 1. The predicted octanol–water partition coefficient (Wildman–Crippen LogP) is 1.18. The van der Waals surface area contributed by atoms with E-state index in [0.29, 0.717) is 13.0 Å². The fourth-order valence-electron chi connectivity index (χ4n) is 2.12. The number of likely N-dealkylation sites (tertiary alicyclic amines) is 1. The molecule has 15 heavy (non-hydrogen) atoms. The van der Waals surface area contributed by atoms with Crippen LogP contribution in [0.5, 0.6) is 0 Å². The van der Waals surface area contributed by atoms with Gasteiger partial charge in [-0.15, -0.1) is 0 Å². The summed E-state index contributed by atoms with van der Waals surface area (Å²) in [6.45, 7) is 4.18. The van der Waals surface area contributed by atoms with Gasteiger partial charge in [-0.2, -0.15) is 0 Å². The molecular weight excluding hydrogens is 198 g/mol. The van der Waals surface area contributed by atoms with Crippen LogP contribution in [0.25, 0.3) is 0 Å². The number of carbonyl (C=O) groups excluding carboxylic acids is 1. The first-order chi connectivity index (χ1) is 6.97. The van der Waals surface area contributed by atoms with Crippen LogP contribution in [0.4, 0.5) is 4.79 Å². The fraction of sp³-hybridized carbons (Fsp3) is 0.800. The molecule has 5 heteroatoms. The molecule has 3 unspecified atom stereocenters. The summed E-state index contributed by atoms with van der Waals surface area (Å²) in [5, 5.41) is 8.97. The molecule has 1 amide bonds. The van der Waals surface area contributed by atoms with Crippen molar-refractivity contribution >= 4 is 12.1 Å². The van der Waals surface area contributed by atoms with Gasteiger partial charge in [0.05, 0.1) is 13.0 Å². The third-order valence-corrected chi connectivity index (χ3v) is 2.99. The second-order valence-electron chi connectivity index (χ2n) is 4.15. The summed E-state index contributed by atoms with van der Waals surface area (Å²) in [5.41, 5.74) is 0. The van der Waals surface area contributed by atoms with Crippen LogP contribution in [0, 0.1) is 11.8 Å². The maximum atomic E-state index is 11.4. The number of ether oxygens (including phenoxy) is 1. The standard InChI is InChI=1S/C10H17NO4/c1-6-4-8(9(12)15-3)7(2)11(5-6)10(13)14/h6-8H,4-5H2,1-3H3,(H,13,14). The van der Waals surface area contributed by atoms with Crippen molar-refractivity contribution in [3.63, 3.8) is 0 Å². The number of nitrogens with zero attached hydrogens (tertiary/aromatic N) is 1. The molecule has 0 aliphatic carbocycles. The smallest absolute Gasteiger partial charge is 0.407 e. The first kappa shape index (κ1) is 11.8. The van der Waals surface area contributed by atoms with Crippen LogP contribution < -0.4 is 0 Å². The van der Waals surface area contributed by atoms with Gasteiger partial charge in [0.15, 0.2) is 0 Å². The summed E-state index contributed by atoms with van der Waals surface area (Å²) in [4.78, 5) is 23.7. The zero-order valence-corrected chi connectivity index (χ0v) is 9.27. The largest absolute Gasteiger partial charge is 0.469 e. The third-order valence-electron chi connectivity index (χ3n) is 2.99. The lowest BCUT2D eigenvalue weighted by Crippen LogP contribution is -2.51. The molecule has 1 aliphatic rings. The van der Waals surface area contributed by atoms with Crippen LogP contribution in [-0.4, -0.2) is 41.8 Å². The van der Waals surface area contributed by atoms with Gasteiger partial charge >= 0.3 is 12.1 Å². The average molecular weight is 215 g/mol. The van der Waals surface area contributed by atoms with Crippen molar-refractivity contribution < 1.29 is 19.4 Å². The van der Waals surface area contributed by atoms with Gasteiger partial charge in [-0.3, -0.25) is 4.79 Å². The first-order valence-electron chi connectivity index (χ1n) is 5.04. The minimum atomic E-state index is -0.969. The number of piperidine rings is 1. The molecule has 1 rings (SSSR count). The van der Waals surface area contributed by atoms with E-state index in [1.165, 1.54) is 12.0 Å². The van der Waals surface area contributed by atoms with Gasteiger partial charge < -0.3 is 14.7 Å². The van der Waals surface area contributed by atoms with Crippen molar-refractivity contribution in [2.24, 2.45) is 11.8 Å². The second kappa shape index (κ2) is 4.51. The number of hydrogen-bond donors (Lipinski definition) is 1. The van der Waals surface area contributed by atoms with Crippen LogP contribution in [0.15, 0.2) is 0 Å². The zero-order valence-electron chi connectivity index (χ0n) is 9.27. The molecule has 1 saturated heterocycles. The molecule has 1 fully saturated rings. The second-order valence-corrected chi connectivity index (χ2v) is 4.15. The Hall–Kier alpha value is -1.26. The van der Waals surface area contributed by atoms with Gasteiger partial charge in [0.25, 0.3) is 0 Å². The molecule has 0 aromatic carbocycles. The molecule has 0 bridgehead atoms. The Balaban J connectivity index is 2.80. The van der Waals surface area contributed by atoms with E-state index in [1.807, 2.05) is 6.92 Å². The van der Waals surface area contributed by atoms with Crippen LogP contribution >= 0.6 is 0 Å². The molecule has 0 aromatic heterocycles. The lowest BCUT2D eigenvalue weighted by molar-refractivity contribution is -0.149. The lowest BCUT2D eigenvalue weighted by atomic mass is 9.85. The molecule has 0 saturated carbocycles. The molecule has 1 N–H and O–H groups in total. The molecule has 1 aliphatic heterocycles. The number of carbonyl (C=O) groups is 2. The Morgan fingerprint density at radius 3 is 2.47 bits per heavy atom. The maximum absolute atomic E-state index is 11.4. The topological polar surface area (TPSA) is 66.8 Å². The molecule has 0 radical (unpaired) electrons. The van der Waals surface area contributed by atoms with Gasteiger partial charge in [-0.25, -0.2) is 4.79 Å². The van der Waals surface area contributed by atoms with Crippen LogP contribution in [0.2, 0.25) is 0 Å². The van der Waals surface area contributed by atoms with Crippen molar-refractivity contribution in [1.29, 1.82) is 0 Å². The Kier molecular flexibility index (Phi) is 3.55.